The Morgan fingerprint density at radius 1 is 0.926 bits per heavy atom. The fraction of sp³-hybridized carbons (Fsp3) is 0.455. The molecule has 0 unspecified atom stereocenters. The van der Waals surface area contributed by atoms with Crippen LogP contribution < -0.4 is 0 Å². The van der Waals surface area contributed by atoms with Crippen LogP contribution in [0.2, 0.25) is 0 Å². The summed E-state index contributed by atoms with van der Waals surface area (Å²) in [6, 6.07) is 17.9. The van der Waals surface area contributed by atoms with E-state index in [0.29, 0.717) is 12.4 Å². The fourth-order valence-electron chi connectivity index (χ4n) is 3.70. The topological polar surface area (TPSA) is 44.8 Å². The van der Waals surface area contributed by atoms with Gasteiger partial charge in [-0.3, -0.25) is 4.21 Å². The van der Waals surface area contributed by atoms with Crippen molar-refractivity contribution in [2.45, 2.75) is 55.7 Å². The second-order valence-corrected chi connectivity index (χ2v) is 8.77. The zero-order valence-electron chi connectivity index (χ0n) is 15.6. The summed E-state index contributed by atoms with van der Waals surface area (Å²) in [7, 11) is -1.03. The number of aryl methyl sites for hydroxylation is 1. The van der Waals surface area contributed by atoms with E-state index in [2.05, 4.69) is 0 Å². The number of rotatable bonds is 5. The van der Waals surface area contributed by atoms with Crippen molar-refractivity contribution < 1.29 is 18.4 Å². The smallest absolute Gasteiger partial charge is 0.184 e. The number of ether oxygens (including phenoxy) is 3. The monoisotopic (exact) mass is 386 g/mol. The lowest BCUT2D eigenvalue weighted by atomic mass is 10.1. The molecule has 0 amide bonds. The lowest BCUT2D eigenvalue weighted by Gasteiger charge is -2.33. The summed E-state index contributed by atoms with van der Waals surface area (Å²) in [5.74, 6) is 0.547. The van der Waals surface area contributed by atoms with Crippen molar-refractivity contribution >= 4 is 10.8 Å². The van der Waals surface area contributed by atoms with Crippen molar-refractivity contribution in [3.63, 3.8) is 0 Å². The molecule has 2 aromatic rings. The van der Waals surface area contributed by atoms with Crippen LogP contribution in [0.5, 0.6) is 0 Å². The summed E-state index contributed by atoms with van der Waals surface area (Å²) in [6.45, 7) is 2.71. The SMILES string of the molecule is Cc1ccc([S@@](=O)C[C@H]2CC[C@@H]([C@@H]3CCO[C@H](c4ccccc4)O3)O2)cc1. The van der Waals surface area contributed by atoms with Crippen LogP contribution in [0.4, 0.5) is 0 Å². The predicted octanol–water partition coefficient (Wildman–Crippen LogP) is 4.15. The van der Waals surface area contributed by atoms with Crippen LogP contribution >= 0.6 is 0 Å². The molecule has 2 aliphatic rings. The standard InChI is InChI=1S/C22H26O4S/c1-16-7-10-19(11-8-16)27(23)15-18-9-12-20(25-18)21-13-14-24-22(26-21)17-5-3-2-4-6-17/h2-8,10-11,18,20-22H,9,12-15H2,1H3/t18-,20+,21+,22+,27+/m1/s1. The van der Waals surface area contributed by atoms with Gasteiger partial charge in [-0.05, 0) is 38.3 Å². The Balaban J connectivity index is 1.32. The minimum absolute atomic E-state index is 0.0266. The summed E-state index contributed by atoms with van der Waals surface area (Å²) in [6.07, 6.45) is 2.50. The van der Waals surface area contributed by atoms with Crippen LogP contribution in [0.1, 0.15) is 36.7 Å². The molecule has 0 aromatic heterocycles. The quantitative estimate of drug-likeness (QED) is 0.774. The van der Waals surface area contributed by atoms with Crippen molar-refractivity contribution in [3.8, 4) is 0 Å². The summed E-state index contributed by atoms with van der Waals surface area (Å²) in [4.78, 5) is 0.874. The summed E-state index contributed by atoms with van der Waals surface area (Å²) < 4.78 is 30.8. The first-order valence-electron chi connectivity index (χ1n) is 9.61. The van der Waals surface area contributed by atoms with Crippen molar-refractivity contribution in [1.29, 1.82) is 0 Å². The van der Waals surface area contributed by atoms with Crippen LogP contribution in [0.15, 0.2) is 59.5 Å². The van der Waals surface area contributed by atoms with Gasteiger partial charge in [-0.25, -0.2) is 0 Å². The highest BCUT2D eigenvalue weighted by Gasteiger charge is 2.36. The molecule has 0 radical (unpaired) electrons. The van der Waals surface area contributed by atoms with Crippen LogP contribution in [-0.2, 0) is 25.0 Å². The Bertz CT molecular complexity index is 762. The van der Waals surface area contributed by atoms with Gasteiger partial charge in [0.2, 0.25) is 0 Å². The largest absolute Gasteiger partial charge is 0.371 e. The van der Waals surface area contributed by atoms with E-state index >= 15 is 0 Å². The zero-order valence-corrected chi connectivity index (χ0v) is 16.4. The van der Waals surface area contributed by atoms with E-state index in [1.165, 1.54) is 5.56 Å². The first-order valence-corrected chi connectivity index (χ1v) is 10.9. The van der Waals surface area contributed by atoms with Gasteiger partial charge in [0.15, 0.2) is 6.29 Å². The van der Waals surface area contributed by atoms with Gasteiger partial charge in [-0.1, -0.05) is 48.0 Å². The van der Waals surface area contributed by atoms with Crippen molar-refractivity contribution in [2.24, 2.45) is 0 Å². The third kappa shape index (κ3) is 4.66. The van der Waals surface area contributed by atoms with Gasteiger partial charge < -0.3 is 14.2 Å². The molecule has 0 bridgehead atoms. The zero-order chi connectivity index (χ0) is 18.6. The van der Waals surface area contributed by atoms with E-state index in [9.17, 15) is 4.21 Å². The highest BCUT2D eigenvalue weighted by Crippen LogP contribution is 2.33. The molecule has 2 saturated heterocycles. The summed E-state index contributed by atoms with van der Waals surface area (Å²) in [5, 5.41) is 0. The van der Waals surface area contributed by atoms with E-state index in [-0.39, 0.29) is 24.6 Å². The molecule has 0 N–H and O–H groups in total. The van der Waals surface area contributed by atoms with Gasteiger partial charge >= 0.3 is 0 Å². The third-order valence-electron chi connectivity index (χ3n) is 5.22. The van der Waals surface area contributed by atoms with Crippen molar-refractivity contribution in [2.75, 3.05) is 12.4 Å². The molecule has 2 fully saturated rings. The average molecular weight is 387 g/mol. The van der Waals surface area contributed by atoms with Gasteiger partial charge in [0.25, 0.3) is 0 Å². The van der Waals surface area contributed by atoms with E-state index < -0.39 is 10.8 Å². The Hall–Kier alpha value is -1.53. The third-order valence-corrected chi connectivity index (χ3v) is 6.69. The molecule has 2 heterocycles. The molecule has 0 aliphatic carbocycles. The van der Waals surface area contributed by atoms with Crippen LogP contribution in [0, 0.1) is 6.92 Å². The molecule has 144 valence electrons. The first kappa shape index (κ1) is 18.8. The van der Waals surface area contributed by atoms with Crippen LogP contribution in [-0.4, -0.2) is 34.9 Å². The van der Waals surface area contributed by atoms with Crippen LogP contribution in [0.25, 0.3) is 0 Å². The van der Waals surface area contributed by atoms with E-state index in [1.54, 1.807) is 0 Å². The highest BCUT2D eigenvalue weighted by atomic mass is 32.2. The normalized spacial score (nSPS) is 29.5. The molecule has 2 aliphatic heterocycles. The highest BCUT2D eigenvalue weighted by molar-refractivity contribution is 7.85. The Labute approximate surface area is 163 Å². The molecule has 4 nitrogen and oxygen atoms in total. The van der Waals surface area contributed by atoms with Gasteiger partial charge in [-0.15, -0.1) is 0 Å². The lowest BCUT2D eigenvalue weighted by Crippen LogP contribution is -2.36. The summed E-state index contributed by atoms with van der Waals surface area (Å²) >= 11 is 0. The maximum absolute atomic E-state index is 12.6. The predicted molar refractivity (Wildman–Crippen MR) is 105 cm³/mol. The molecule has 5 heteroatoms. The molecule has 4 rings (SSSR count). The first-order chi connectivity index (χ1) is 13.2. The Morgan fingerprint density at radius 3 is 2.44 bits per heavy atom. The van der Waals surface area contributed by atoms with Crippen molar-refractivity contribution in [1.82, 2.24) is 0 Å². The number of benzene rings is 2. The lowest BCUT2D eigenvalue weighted by molar-refractivity contribution is -0.240. The maximum atomic E-state index is 12.6. The van der Waals surface area contributed by atoms with Gasteiger partial charge in [0.1, 0.15) is 0 Å². The van der Waals surface area contributed by atoms with Gasteiger partial charge in [0, 0.05) is 10.5 Å². The number of hydrogen-bond acceptors (Lipinski definition) is 4. The van der Waals surface area contributed by atoms with Gasteiger partial charge in [0.05, 0.1) is 41.5 Å². The molecule has 0 saturated carbocycles. The van der Waals surface area contributed by atoms with Gasteiger partial charge in [-0.2, -0.15) is 0 Å². The molecule has 27 heavy (non-hydrogen) atoms. The van der Waals surface area contributed by atoms with E-state index in [0.717, 1.165) is 29.7 Å². The average Bonchev–Trinajstić information content (AvgIpc) is 3.18. The molecule has 2 aromatic carbocycles. The minimum atomic E-state index is -1.03. The Kier molecular flexibility index (Phi) is 6.03. The van der Waals surface area contributed by atoms with E-state index in [1.807, 2.05) is 61.5 Å². The van der Waals surface area contributed by atoms with E-state index in [4.69, 9.17) is 14.2 Å². The molecule has 0 spiro atoms. The Morgan fingerprint density at radius 2 is 1.67 bits per heavy atom. The molecular formula is C22H26O4S. The second-order valence-electron chi connectivity index (χ2n) is 7.28. The number of hydrogen-bond donors (Lipinski definition) is 0. The fourth-order valence-corrected chi connectivity index (χ4v) is 4.92. The second kappa shape index (κ2) is 8.65. The van der Waals surface area contributed by atoms with Crippen molar-refractivity contribution in [3.05, 3.63) is 65.7 Å². The minimum Gasteiger partial charge on any atom is -0.371 e. The summed E-state index contributed by atoms with van der Waals surface area (Å²) in [5.41, 5.74) is 2.22. The van der Waals surface area contributed by atoms with Crippen LogP contribution in [0.3, 0.4) is 0 Å². The molecular weight excluding hydrogens is 360 g/mol. The molecule has 5 atom stereocenters. The maximum Gasteiger partial charge on any atom is 0.184 e.